The Balaban J connectivity index is 1.69. The molecule has 1 atom stereocenters. The molecular formula is C17H19N3OS. The van der Waals surface area contributed by atoms with Gasteiger partial charge in [-0.05, 0) is 42.3 Å². The predicted molar refractivity (Wildman–Crippen MR) is 88.2 cm³/mol. The average molecular weight is 313 g/mol. The van der Waals surface area contributed by atoms with Gasteiger partial charge in [0.05, 0.1) is 6.54 Å². The lowest BCUT2D eigenvalue weighted by atomic mass is 9.98. The van der Waals surface area contributed by atoms with Crippen LogP contribution in [0.2, 0.25) is 0 Å². The van der Waals surface area contributed by atoms with Gasteiger partial charge >= 0.3 is 0 Å². The summed E-state index contributed by atoms with van der Waals surface area (Å²) in [6.45, 7) is 2.62. The molecule has 1 unspecified atom stereocenters. The topological polar surface area (TPSA) is 39.9 Å². The Morgan fingerprint density at radius 3 is 3.14 bits per heavy atom. The van der Waals surface area contributed by atoms with Crippen LogP contribution in [0.25, 0.3) is 11.2 Å². The maximum Gasteiger partial charge on any atom is 0.160 e. The lowest BCUT2D eigenvalue weighted by Gasteiger charge is -2.21. The molecule has 1 saturated heterocycles. The molecule has 1 fully saturated rings. The Hall–Kier alpha value is -1.72. The molecule has 4 rings (SSSR count). The van der Waals surface area contributed by atoms with Crippen molar-refractivity contribution in [2.45, 2.75) is 25.8 Å². The molecular weight excluding hydrogens is 294 g/mol. The van der Waals surface area contributed by atoms with E-state index < -0.39 is 0 Å². The van der Waals surface area contributed by atoms with Crippen LogP contribution in [0.1, 0.15) is 23.5 Å². The van der Waals surface area contributed by atoms with Crippen molar-refractivity contribution in [2.75, 3.05) is 13.2 Å². The number of hydrogen-bond donors (Lipinski definition) is 0. The molecule has 0 aromatic carbocycles. The van der Waals surface area contributed by atoms with Gasteiger partial charge in [-0.2, -0.15) is 0 Å². The SMILES string of the molecule is c1csc(Cn2c(CC3CCCOC3)nc3cccnc32)c1. The first kappa shape index (κ1) is 13.9. The number of aromatic nitrogens is 3. The highest BCUT2D eigenvalue weighted by Gasteiger charge is 2.19. The molecule has 3 aromatic rings. The van der Waals surface area contributed by atoms with E-state index in [1.54, 1.807) is 11.3 Å². The van der Waals surface area contributed by atoms with Crippen LogP contribution in [-0.2, 0) is 17.7 Å². The Kier molecular flexibility index (Phi) is 3.91. The lowest BCUT2D eigenvalue weighted by Crippen LogP contribution is -2.21. The molecule has 3 aromatic heterocycles. The van der Waals surface area contributed by atoms with E-state index in [0.29, 0.717) is 5.92 Å². The van der Waals surface area contributed by atoms with Crippen LogP contribution in [0.3, 0.4) is 0 Å². The van der Waals surface area contributed by atoms with Crippen molar-refractivity contribution < 1.29 is 4.74 Å². The first-order valence-electron chi connectivity index (χ1n) is 7.80. The van der Waals surface area contributed by atoms with Crippen molar-refractivity contribution >= 4 is 22.5 Å². The molecule has 5 heteroatoms. The summed E-state index contributed by atoms with van der Waals surface area (Å²) in [7, 11) is 0. The van der Waals surface area contributed by atoms with E-state index >= 15 is 0 Å². The minimum atomic E-state index is 0.577. The van der Waals surface area contributed by atoms with Crippen molar-refractivity contribution in [3.8, 4) is 0 Å². The zero-order valence-corrected chi connectivity index (χ0v) is 13.3. The van der Waals surface area contributed by atoms with Gasteiger partial charge in [0.1, 0.15) is 11.3 Å². The maximum atomic E-state index is 5.62. The predicted octanol–water partition coefficient (Wildman–Crippen LogP) is 3.51. The van der Waals surface area contributed by atoms with Crippen LogP contribution in [0.4, 0.5) is 0 Å². The Morgan fingerprint density at radius 1 is 1.32 bits per heavy atom. The molecule has 1 aliphatic heterocycles. The van der Waals surface area contributed by atoms with E-state index in [1.807, 2.05) is 18.3 Å². The quantitative estimate of drug-likeness (QED) is 0.740. The number of rotatable bonds is 4. The van der Waals surface area contributed by atoms with E-state index in [4.69, 9.17) is 9.72 Å². The molecule has 4 nitrogen and oxygen atoms in total. The van der Waals surface area contributed by atoms with Crippen LogP contribution in [0.5, 0.6) is 0 Å². The van der Waals surface area contributed by atoms with Gasteiger partial charge in [-0.15, -0.1) is 11.3 Å². The van der Waals surface area contributed by atoms with Gasteiger partial charge < -0.3 is 9.30 Å². The normalized spacial score (nSPS) is 18.8. The van der Waals surface area contributed by atoms with Crippen LogP contribution in [-0.4, -0.2) is 27.7 Å². The fourth-order valence-electron chi connectivity index (χ4n) is 3.11. The second-order valence-corrected chi connectivity index (χ2v) is 6.86. The van der Waals surface area contributed by atoms with Gasteiger partial charge in [-0.1, -0.05) is 6.07 Å². The fourth-order valence-corrected chi connectivity index (χ4v) is 3.81. The zero-order valence-electron chi connectivity index (χ0n) is 12.4. The summed E-state index contributed by atoms with van der Waals surface area (Å²) in [6, 6.07) is 8.28. The van der Waals surface area contributed by atoms with E-state index in [-0.39, 0.29) is 0 Å². The number of hydrogen-bond acceptors (Lipinski definition) is 4. The van der Waals surface area contributed by atoms with E-state index in [9.17, 15) is 0 Å². The van der Waals surface area contributed by atoms with Crippen molar-refractivity contribution in [3.63, 3.8) is 0 Å². The first-order chi connectivity index (χ1) is 10.9. The first-order valence-corrected chi connectivity index (χ1v) is 8.68. The number of fused-ring (bicyclic) bond motifs is 1. The number of imidazole rings is 1. The van der Waals surface area contributed by atoms with Gasteiger partial charge in [-0.25, -0.2) is 9.97 Å². The fraction of sp³-hybridized carbons (Fsp3) is 0.412. The Labute approximate surface area is 133 Å². The third-order valence-electron chi connectivity index (χ3n) is 4.20. The monoisotopic (exact) mass is 313 g/mol. The number of pyridine rings is 1. The smallest absolute Gasteiger partial charge is 0.160 e. The van der Waals surface area contributed by atoms with Crippen molar-refractivity contribution in [2.24, 2.45) is 5.92 Å². The number of nitrogens with zero attached hydrogens (tertiary/aromatic N) is 3. The standard InChI is InChI=1S/C17H19N3OS/c1-6-15-17(18-7-1)20(11-14-5-3-9-22-14)16(19-15)10-13-4-2-8-21-12-13/h1,3,5-7,9,13H,2,4,8,10-12H2. The minimum Gasteiger partial charge on any atom is -0.381 e. The van der Waals surface area contributed by atoms with Crippen LogP contribution < -0.4 is 0 Å². The van der Waals surface area contributed by atoms with Gasteiger partial charge in [0.25, 0.3) is 0 Å². The largest absolute Gasteiger partial charge is 0.381 e. The van der Waals surface area contributed by atoms with E-state index in [1.165, 1.54) is 11.3 Å². The summed E-state index contributed by atoms with van der Waals surface area (Å²) in [4.78, 5) is 10.7. The van der Waals surface area contributed by atoms with E-state index in [2.05, 4.69) is 27.1 Å². The summed E-state index contributed by atoms with van der Waals surface area (Å²) >= 11 is 1.78. The number of ether oxygens (including phenoxy) is 1. The number of thiophene rings is 1. The van der Waals surface area contributed by atoms with Gasteiger partial charge in [0, 0.05) is 30.7 Å². The van der Waals surface area contributed by atoms with Crippen LogP contribution in [0, 0.1) is 5.92 Å². The third kappa shape index (κ3) is 2.78. The summed E-state index contributed by atoms with van der Waals surface area (Å²) < 4.78 is 7.90. The van der Waals surface area contributed by atoms with Crippen molar-refractivity contribution in [3.05, 3.63) is 46.5 Å². The lowest BCUT2D eigenvalue weighted by molar-refractivity contribution is 0.0540. The highest BCUT2D eigenvalue weighted by molar-refractivity contribution is 7.09. The average Bonchev–Trinajstić information content (AvgIpc) is 3.18. The highest BCUT2D eigenvalue weighted by atomic mass is 32.1. The van der Waals surface area contributed by atoms with Gasteiger partial charge in [0.15, 0.2) is 5.65 Å². The second kappa shape index (κ2) is 6.18. The zero-order chi connectivity index (χ0) is 14.8. The Bertz CT molecular complexity index is 744. The second-order valence-electron chi connectivity index (χ2n) is 5.83. The molecule has 0 aliphatic carbocycles. The Morgan fingerprint density at radius 2 is 2.32 bits per heavy atom. The molecule has 4 heterocycles. The molecule has 0 bridgehead atoms. The van der Waals surface area contributed by atoms with Crippen molar-refractivity contribution in [1.82, 2.24) is 14.5 Å². The van der Waals surface area contributed by atoms with E-state index in [0.717, 1.165) is 49.6 Å². The third-order valence-corrected chi connectivity index (χ3v) is 5.06. The highest BCUT2D eigenvalue weighted by Crippen LogP contribution is 2.23. The summed E-state index contributed by atoms with van der Waals surface area (Å²) in [5.74, 6) is 1.71. The van der Waals surface area contributed by atoms with Crippen LogP contribution >= 0.6 is 11.3 Å². The molecule has 0 amide bonds. The minimum absolute atomic E-state index is 0.577. The molecule has 0 saturated carbocycles. The summed E-state index contributed by atoms with van der Waals surface area (Å²) in [5, 5.41) is 2.12. The molecule has 0 radical (unpaired) electrons. The molecule has 0 spiro atoms. The molecule has 0 N–H and O–H groups in total. The van der Waals surface area contributed by atoms with Gasteiger partial charge in [0.2, 0.25) is 0 Å². The van der Waals surface area contributed by atoms with Crippen molar-refractivity contribution in [1.29, 1.82) is 0 Å². The summed E-state index contributed by atoms with van der Waals surface area (Å²) in [5.41, 5.74) is 1.98. The van der Waals surface area contributed by atoms with Gasteiger partial charge in [-0.3, -0.25) is 0 Å². The maximum absolute atomic E-state index is 5.62. The molecule has 22 heavy (non-hydrogen) atoms. The molecule has 1 aliphatic rings. The molecule has 114 valence electrons. The van der Waals surface area contributed by atoms with Crippen LogP contribution in [0.15, 0.2) is 35.8 Å². The summed E-state index contributed by atoms with van der Waals surface area (Å²) in [6.07, 6.45) is 5.22.